The summed E-state index contributed by atoms with van der Waals surface area (Å²) in [4.78, 5) is 4.50. The first-order valence-electron chi connectivity index (χ1n) is 5.40. The van der Waals surface area contributed by atoms with E-state index in [9.17, 15) is 0 Å². The van der Waals surface area contributed by atoms with Crippen molar-refractivity contribution in [2.75, 3.05) is 7.11 Å². The summed E-state index contributed by atoms with van der Waals surface area (Å²) in [5.41, 5.74) is 7.73. The van der Waals surface area contributed by atoms with Crippen LogP contribution in [0.15, 0.2) is 18.2 Å². The molecule has 1 aromatic carbocycles. The van der Waals surface area contributed by atoms with Crippen LogP contribution >= 0.6 is 0 Å². The van der Waals surface area contributed by atoms with Crippen LogP contribution in [0.5, 0.6) is 5.75 Å². The summed E-state index contributed by atoms with van der Waals surface area (Å²) in [7, 11) is 1.63. The minimum atomic E-state index is -0.151. The van der Waals surface area contributed by atoms with E-state index in [-0.39, 0.29) is 6.04 Å². The van der Waals surface area contributed by atoms with Crippen molar-refractivity contribution in [3.8, 4) is 18.1 Å². The number of methoxy groups -OCH3 is 1. The molecule has 0 radical (unpaired) electrons. The predicted octanol–water partition coefficient (Wildman–Crippen LogP) is 1.70. The van der Waals surface area contributed by atoms with Gasteiger partial charge in [0.2, 0.25) is 0 Å². The molecule has 4 nitrogen and oxygen atoms in total. The number of nitrogens with zero attached hydrogens (tertiary/aromatic N) is 2. The lowest BCUT2D eigenvalue weighted by Crippen LogP contribution is -2.13. The van der Waals surface area contributed by atoms with Crippen molar-refractivity contribution < 1.29 is 4.74 Å². The SMILES string of the molecule is C#CCn1c(C(C)N)nc2cc(OC)ccc21. The van der Waals surface area contributed by atoms with Gasteiger partial charge in [-0.25, -0.2) is 4.98 Å². The number of hydrogen-bond donors (Lipinski definition) is 1. The summed E-state index contributed by atoms with van der Waals surface area (Å²) in [6.07, 6.45) is 5.37. The molecule has 2 rings (SSSR count). The Bertz CT molecular complexity index is 578. The maximum atomic E-state index is 5.90. The maximum Gasteiger partial charge on any atom is 0.127 e. The number of rotatable bonds is 3. The Labute approximate surface area is 100 Å². The average Bonchev–Trinajstić information content (AvgIpc) is 2.68. The maximum absolute atomic E-state index is 5.90. The van der Waals surface area contributed by atoms with Gasteiger partial charge >= 0.3 is 0 Å². The Kier molecular flexibility index (Phi) is 3.03. The van der Waals surface area contributed by atoms with Gasteiger partial charge in [-0.2, -0.15) is 0 Å². The normalized spacial score (nSPS) is 12.4. The van der Waals surface area contributed by atoms with Crippen LogP contribution in [-0.2, 0) is 6.54 Å². The van der Waals surface area contributed by atoms with Gasteiger partial charge in [-0.15, -0.1) is 6.42 Å². The van der Waals surface area contributed by atoms with E-state index in [2.05, 4.69) is 10.9 Å². The van der Waals surface area contributed by atoms with Crippen molar-refractivity contribution in [2.24, 2.45) is 5.73 Å². The molecule has 17 heavy (non-hydrogen) atoms. The molecule has 0 spiro atoms. The van der Waals surface area contributed by atoms with E-state index < -0.39 is 0 Å². The van der Waals surface area contributed by atoms with Gasteiger partial charge in [0.25, 0.3) is 0 Å². The van der Waals surface area contributed by atoms with Crippen molar-refractivity contribution >= 4 is 11.0 Å². The molecule has 0 saturated heterocycles. The molecule has 1 unspecified atom stereocenters. The molecule has 88 valence electrons. The molecule has 0 aliphatic carbocycles. The summed E-state index contributed by atoms with van der Waals surface area (Å²) < 4.78 is 7.13. The largest absolute Gasteiger partial charge is 0.497 e. The molecule has 2 aromatic rings. The number of aromatic nitrogens is 2. The number of hydrogen-bond acceptors (Lipinski definition) is 3. The van der Waals surface area contributed by atoms with Gasteiger partial charge in [0, 0.05) is 6.07 Å². The number of imidazole rings is 1. The van der Waals surface area contributed by atoms with E-state index in [0.717, 1.165) is 22.6 Å². The van der Waals surface area contributed by atoms with Crippen LogP contribution in [0, 0.1) is 12.3 Å². The van der Waals surface area contributed by atoms with Gasteiger partial charge in [0.15, 0.2) is 0 Å². The lowest BCUT2D eigenvalue weighted by molar-refractivity contribution is 0.415. The first-order valence-corrected chi connectivity index (χ1v) is 5.40. The third kappa shape index (κ3) is 1.97. The zero-order valence-electron chi connectivity index (χ0n) is 9.97. The third-order valence-electron chi connectivity index (χ3n) is 2.64. The minimum Gasteiger partial charge on any atom is -0.497 e. The highest BCUT2D eigenvalue weighted by molar-refractivity contribution is 5.78. The fraction of sp³-hybridized carbons (Fsp3) is 0.308. The Morgan fingerprint density at radius 3 is 2.94 bits per heavy atom. The lowest BCUT2D eigenvalue weighted by Gasteiger charge is -2.07. The second-order valence-electron chi connectivity index (χ2n) is 3.90. The van der Waals surface area contributed by atoms with E-state index >= 15 is 0 Å². The lowest BCUT2D eigenvalue weighted by atomic mass is 10.3. The van der Waals surface area contributed by atoms with Gasteiger partial charge in [-0.3, -0.25) is 0 Å². The molecule has 1 heterocycles. The van der Waals surface area contributed by atoms with Crippen LogP contribution in [0.2, 0.25) is 0 Å². The molecule has 0 bridgehead atoms. The number of ether oxygens (including phenoxy) is 1. The number of nitrogens with two attached hydrogens (primary N) is 1. The first-order chi connectivity index (χ1) is 8.17. The topological polar surface area (TPSA) is 53.1 Å². The molecule has 4 heteroatoms. The molecule has 0 saturated carbocycles. The average molecular weight is 229 g/mol. The minimum absolute atomic E-state index is 0.151. The molecule has 0 aliphatic heterocycles. The van der Waals surface area contributed by atoms with E-state index in [1.165, 1.54) is 0 Å². The van der Waals surface area contributed by atoms with Crippen LogP contribution in [0.1, 0.15) is 18.8 Å². The van der Waals surface area contributed by atoms with Crippen LogP contribution in [0.3, 0.4) is 0 Å². The molecule has 1 atom stereocenters. The standard InChI is InChI=1S/C13H15N3O/c1-4-7-16-12-6-5-10(17-3)8-11(12)15-13(16)9(2)14/h1,5-6,8-9H,7,14H2,2-3H3. The highest BCUT2D eigenvalue weighted by Crippen LogP contribution is 2.23. The van der Waals surface area contributed by atoms with Crippen molar-refractivity contribution in [2.45, 2.75) is 19.5 Å². The molecule has 0 amide bonds. The zero-order chi connectivity index (χ0) is 12.4. The Hall–Kier alpha value is -1.99. The quantitative estimate of drug-likeness (QED) is 0.815. The molecular formula is C13H15N3O. The van der Waals surface area contributed by atoms with Crippen molar-refractivity contribution in [3.63, 3.8) is 0 Å². The number of fused-ring (bicyclic) bond motifs is 1. The monoisotopic (exact) mass is 229 g/mol. The predicted molar refractivity (Wildman–Crippen MR) is 67.7 cm³/mol. The van der Waals surface area contributed by atoms with Gasteiger partial charge in [-0.05, 0) is 19.1 Å². The van der Waals surface area contributed by atoms with Crippen LogP contribution in [0.4, 0.5) is 0 Å². The van der Waals surface area contributed by atoms with E-state index in [4.69, 9.17) is 16.9 Å². The fourth-order valence-electron chi connectivity index (χ4n) is 1.86. The Balaban J connectivity index is 2.66. The molecular weight excluding hydrogens is 214 g/mol. The van der Waals surface area contributed by atoms with E-state index in [0.29, 0.717) is 6.54 Å². The van der Waals surface area contributed by atoms with Crippen LogP contribution < -0.4 is 10.5 Å². The summed E-state index contributed by atoms with van der Waals surface area (Å²) in [6.45, 7) is 2.37. The first kappa shape index (κ1) is 11.5. The zero-order valence-corrected chi connectivity index (χ0v) is 9.97. The van der Waals surface area contributed by atoms with Crippen LogP contribution in [-0.4, -0.2) is 16.7 Å². The van der Waals surface area contributed by atoms with E-state index in [1.54, 1.807) is 7.11 Å². The van der Waals surface area contributed by atoms with E-state index in [1.807, 2.05) is 29.7 Å². The van der Waals surface area contributed by atoms with Crippen molar-refractivity contribution in [3.05, 3.63) is 24.0 Å². The summed E-state index contributed by atoms with van der Waals surface area (Å²) in [5.74, 6) is 4.20. The second kappa shape index (κ2) is 4.48. The van der Waals surface area contributed by atoms with Gasteiger partial charge in [-0.1, -0.05) is 5.92 Å². The van der Waals surface area contributed by atoms with Gasteiger partial charge < -0.3 is 15.0 Å². The third-order valence-corrected chi connectivity index (χ3v) is 2.64. The summed E-state index contributed by atoms with van der Waals surface area (Å²) >= 11 is 0. The van der Waals surface area contributed by atoms with Crippen molar-refractivity contribution in [1.29, 1.82) is 0 Å². The van der Waals surface area contributed by atoms with Crippen LogP contribution in [0.25, 0.3) is 11.0 Å². The molecule has 0 aliphatic rings. The van der Waals surface area contributed by atoms with Gasteiger partial charge in [0.05, 0.1) is 30.7 Å². The number of benzene rings is 1. The molecule has 2 N–H and O–H groups in total. The fourth-order valence-corrected chi connectivity index (χ4v) is 1.86. The highest BCUT2D eigenvalue weighted by Gasteiger charge is 2.13. The van der Waals surface area contributed by atoms with Crippen molar-refractivity contribution in [1.82, 2.24) is 9.55 Å². The summed E-state index contributed by atoms with van der Waals surface area (Å²) in [6, 6.07) is 5.57. The summed E-state index contributed by atoms with van der Waals surface area (Å²) in [5, 5.41) is 0. The Morgan fingerprint density at radius 2 is 2.35 bits per heavy atom. The smallest absolute Gasteiger partial charge is 0.127 e. The number of terminal acetylenes is 1. The second-order valence-corrected chi connectivity index (χ2v) is 3.90. The van der Waals surface area contributed by atoms with Gasteiger partial charge in [0.1, 0.15) is 11.6 Å². The molecule has 0 fully saturated rings. The molecule has 1 aromatic heterocycles. The highest BCUT2D eigenvalue weighted by atomic mass is 16.5. The Morgan fingerprint density at radius 1 is 1.59 bits per heavy atom.